The van der Waals surface area contributed by atoms with Gasteiger partial charge in [-0.2, -0.15) is 0 Å². The van der Waals surface area contributed by atoms with Gasteiger partial charge in [0.25, 0.3) is 0 Å². The van der Waals surface area contributed by atoms with Crippen molar-refractivity contribution < 1.29 is 44.8 Å². The van der Waals surface area contributed by atoms with Crippen molar-refractivity contribution in [2.45, 2.75) is 0 Å². The maximum absolute atomic E-state index is 7.46. The van der Waals surface area contributed by atoms with E-state index >= 15 is 0 Å². The summed E-state index contributed by atoms with van der Waals surface area (Å²) in [7, 11) is -2.28. The monoisotopic (exact) mass is 1240 g/mol. The van der Waals surface area contributed by atoms with Gasteiger partial charge in [0.1, 0.15) is 47.7 Å². The second-order valence-electron chi connectivity index (χ2n) is 15.4. The fourth-order valence-corrected chi connectivity index (χ4v) is 14.6. The van der Waals surface area contributed by atoms with Crippen LogP contribution in [0.1, 0.15) is 11.1 Å². The zero-order valence-corrected chi connectivity index (χ0v) is 42.2. The van der Waals surface area contributed by atoms with Crippen LogP contribution in [0.15, 0.2) is 255 Å². The summed E-state index contributed by atoms with van der Waals surface area (Å²) in [6.07, 6.45) is 14.8. The predicted octanol–water partition coefficient (Wildman–Crippen LogP) is 12.5. The molecule has 0 aliphatic heterocycles. The molecule has 11 rings (SSSR count). The maximum Gasteiger partial charge on any atom is 1.00 e. The van der Waals surface area contributed by atoms with Gasteiger partial charge in [-0.1, -0.05) is 198 Å². The molecule has 0 radical (unpaired) electrons. The minimum absolute atomic E-state index is 0. The van der Waals surface area contributed by atoms with Crippen LogP contribution in [0.3, 0.4) is 0 Å². The number of hydrogen-bond donors (Lipinski definition) is 0. The molecule has 11 aromatic rings. The predicted molar refractivity (Wildman–Crippen MR) is 282 cm³/mol. The molecule has 0 aromatic heterocycles. The fourth-order valence-electron chi connectivity index (χ4n) is 8.60. The van der Waals surface area contributed by atoms with E-state index in [1.54, 1.807) is 0 Å². The van der Waals surface area contributed by atoms with E-state index in [9.17, 15) is 0 Å². The molecule has 0 fully saturated rings. The smallest absolute Gasteiger partial charge is 0.366 e. The van der Waals surface area contributed by atoms with Gasteiger partial charge in [0.05, 0.1) is 0 Å². The molecule has 0 saturated carbocycles. The third-order valence-corrected chi connectivity index (χ3v) is 17.4. The molecule has 0 saturated heterocycles. The zero-order valence-electron chi connectivity index (χ0n) is 35.9. The molecule has 0 nitrogen and oxygen atoms in total. The van der Waals surface area contributed by atoms with Crippen molar-refractivity contribution in [1.29, 1.82) is 0 Å². The number of benzene rings is 11. The normalized spacial score (nSPS) is 10.4. The molecule has 0 unspecified atom stereocenters. The van der Waals surface area contributed by atoms with Gasteiger partial charge in [-0.05, 0) is 93.7 Å². The van der Waals surface area contributed by atoms with Gasteiger partial charge in [0.15, 0.2) is 0 Å². The molecule has 322 valence electrons. The number of fused-ring (bicyclic) bond motifs is 5. The van der Waals surface area contributed by atoms with Crippen molar-refractivity contribution >= 4 is 90.8 Å². The van der Waals surface area contributed by atoms with Gasteiger partial charge in [-0.15, -0.1) is 17.2 Å². The van der Waals surface area contributed by atoms with Crippen LogP contribution in [0.5, 0.6) is 0 Å². The summed E-state index contributed by atoms with van der Waals surface area (Å²) < 4.78 is 0. The molecule has 0 heterocycles. The summed E-state index contributed by atoms with van der Waals surface area (Å²) in [6, 6.07) is 90.3. The van der Waals surface area contributed by atoms with E-state index in [0.29, 0.717) is 0 Å². The van der Waals surface area contributed by atoms with Crippen LogP contribution in [0, 0.1) is 24.7 Å². The summed E-state index contributed by atoms with van der Waals surface area (Å²) in [5.74, 6) is 5.08. The van der Waals surface area contributed by atoms with Crippen molar-refractivity contribution in [3.63, 3.8) is 0 Å². The first-order valence-electron chi connectivity index (χ1n) is 21.4. The van der Waals surface area contributed by atoms with Gasteiger partial charge >= 0.3 is 44.8 Å². The molecule has 0 aliphatic carbocycles. The van der Waals surface area contributed by atoms with Gasteiger partial charge in [0, 0.05) is 0 Å². The van der Waals surface area contributed by atoms with Crippen LogP contribution in [0.2, 0.25) is 0 Å². The van der Waals surface area contributed by atoms with Crippen molar-refractivity contribution in [2.75, 3.05) is 0 Å². The van der Waals surface area contributed by atoms with Crippen LogP contribution >= 0.6 is 15.8 Å². The van der Waals surface area contributed by atoms with Gasteiger partial charge in [-0.3, -0.25) is 11.8 Å². The topological polar surface area (TPSA) is 0 Å². The van der Waals surface area contributed by atoms with E-state index in [1.165, 1.54) is 42.6 Å². The van der Waals surface area contributed by atoms with Crippen molar-refractivity contribution in [3.8, 4) is 11.8 Å². The Balaban J connectivity index is 0.000000160. The third-order valence-electron chi connectivity index (χ3n) is 11.5. The molecule has 4 heteroatoms. The third kappa shape index (κ3) is 10.6. The van der Waals surface area contributed by atoms with Crippen LogP contribution < -0.4 is 31.8 Å². The zero-order chi connectivity index (χ0) is 43.5. The average Bonchev–Trinajstić information content (AvgIpc) is 3.37. The SMILES string of the molecule is [Au+].[Au+].[C-]#Cc1c2ccccc2cc2ccccc12.[C-]#Cc1cc2ccccc2c2ccccc12.c1ccc([PH+](c2ccccc2)c2ccccc2[PH+](c2ccccc2)c2ccccc2)cc1. The number of rotatable bonds is 6. The van der Waals surface area contributed by atoms with E-state index < -0.39 is 15.8 Å². The van der Waals surface area contributed by atoms with E-state index in [0.717, 1.165) is 43.4 Å². The largest absolute Gasteiger partial charge is 1.00 e. The first-order chi connectivity index (χ1) is 31.7. The Hall–Kier alpha value is -6.08. The molecule has 11 aromatic carbocycles. The Morgan fingerprint density at radius 2 is 0.576 bits per heavy atom. The Labute approximate surface area is 422 Å². The van der Waals surface area contributed by atoms with Crippen molar-refractivity contribution in [1.82, 2.24) is 0 Å². The van der Waals surface area contributed by atoms with Crippen LogP contribution in [-0.4, -0.2) is 0 Å². The molecule has 0 bridgehead atoms. The number of hydrogen-bond acceptors (Lipinski definition) is 0. The van der Waals surface area contributed by atoms with Crippen molar-refractivity contribution in [3.05, 3.63) is 279 Å². The van der Waals surface area contributed by atoms with E-state index in [4.69, 9.17) is 12.8 Å². The summed E-state index contributed by atoms with van der Waals surface area (Å²) in [4.78, 5) is 0. The molecular weight excluding hydrogens is 1200 g/mol. The van der Waals surface area contributed by atoms with E-state index in [1.807, 2.05) is 72.8 Å². The average molecular weight is 1240 g/mol. The molecule has 0 amide bonds. The van der Waals surface area contributed by atoms with Gasteiger partial charge in [0.2, 0.25) is 0 Å². The molecule has 66 heavy (non-hydrogen) atoms. The van der Waals surface area contributed by atoms with Crippen LogP contribution in [0.25, 0.3) is 43.1 Å². The molecule has 0 atom stereocenters. The fraction of sp³-hybridized carbons (Fsp3) is 0. The van der Waals surface area contributed by atoms with Crippen LogP contribution in [0.4, 0.5) is 0 Å². The van der Waals surface area contributed by atoms with Crippen LogP contribution in [-0.2, 0) is 44.8 Å². The molecular formula is C62H44Au2P2+2. The molecule has 0 spiro atoms. The minimum atomic E-state index is -1.14. The second-order valence-corrected chi connectivity index (χ2v) is 20.3. The minimum Gasteiger partial charge on any atom is -0.366 e. The Morgan fingerprint density at radius 3 is 0.955 bits per heavy atom. The van der Waals surface area contributed by atoms with Gasteiger partial charge < -0.3 is 12.8 Å². The van der Waals surface area contributed by atoms with E-state index in [2.05, 4.69) is 194 Å². The van der Waals surface area contributed by atoms with Crippen molar-refractivity contribution in [2.24, 2.45) is 0 Å². The van der Waals surface area contributed by atoms with Gasteiger partial charge in [-0.25, -0.2) is 0 Å². The standard InChI is InChI=1S/C30H24P2.2C16H9.2Au/c1-5-15-25(16-6-1)31(26-17-7-2-8-18-26)29-23-13-14-24-30(29)32(27-19-9-3-10-20-27)28-21-11-4-12-22-28;1-2-14-15-9-5-3-7-12(15)11-13-8-4-6-10-16(13)14;1-2-12-11-13-7-3-4-9-15(13)16-10-6-5-8-14(12)16;;/h1-24H;2*3-11H;;/q;2*-1;2*+1/p+2. The Morgan fingerprint density at radius 1 is 0.273 bits per heavy atom. The summed E-state index contributed by atoms with van der Waals surface area (Å²) in [5.41, 5.74) is 1.74. The quantitative estimate of drug-likeness (QED) is 0.0389. The summed E-state index contributed by atoms with van der Waals surface area (Å²) in [6.45, 7) is 0. The second kappa shape index (κ2) is 23.4. The Kier molecular flexibility index (Phi) is 17.0. The maximum atomic E-state index is 7.46. The Bertz CT molecular complexity index is 3160. The first kappa shape index (κ1) is 47.9. The summed E-state index contributed by atoms with van der Waals surface area (Å²) in [5, 5.41) is 17.9. The van der Waals surface area contributed by atoms with E-state index in [-0.39, 0.29) is 44.8 Å². The molecule has 0 N–H and O–H groups in total. The summed E-state index contributed by atoms with van der Waals surface area (Å²) >= 11 is 0. The molecule has 0 aliphatic rings. The first-order valence-corrected chi connectivity index (χ1v) is 24.4.